The van der Waals surface area contributed by atoms with Gasteiger partial charge in [-0.1, -0.05) is 0 Å². The molecule has 0 aliphatic rings. The fraction of sp³-hybridized carbons (Fsp3) is 1.00. The Morgan fingerprint density at radius 2 is 0.952 bits per heavy atom. The van der Waals surface area contributed by atoms with E-state index in [0.29, 0.717) is 0 Å². The number of ether oxygens (including phenoxy) is 3. The van der Waals surface area contributed by atoms with Crippen LogP contribution in [-0.2, 0) is 14.2 Å². The summed E-state index contributed by atoms with van der Waals surface area (Å²) >= 11 is 0. The van der Waals surface area contributed by atoms with Crippen molar-refractivity contribution in [3.05, 3.63) is 0 Å². The van der Waals surface area contributed by atoms with Crippen molar-refractivity contribution in [2.75, 3.05) is 6.86 Å². The molecule has 14 heteroatoms. The van der Waals surface area contributed by atoms with E-state index in [1.165, 1.54) is 0 Å². The van der Waals surface area contributed by atoms with Gasteiger partial charge in [0, 0.05) is 6.92 Å². The standard InChI is InChI=1S/C7H5F11O3/c1-3(9,10)20-6(15,16)7(17,18)21-5(13,14)4(11,12)19-2-8/h2H2,1H3. The Balaban J connectivity index is 5.27. The lowest BCUT2D eigenvalue weighted by Gasteiger charge is -2.32. The van der Waals surface area contributed by atoms with Crippen LogP contribution >= 0.6 is 0 Å². The zero-order chi connectivity index (χ0) is 17.3. The van der Waals surface area contributed by atoms with Crippen LogP contribution in [0.3, 0.4) is 0 Å². The fourth-order valence-electron chi connectivity index (χ4n) is 0.717. The molecule has 0 aromatic rings. The van der Waals surface area contributed by atoms with E-state index in [4.69, 9.17) is 0 Å². The second-order valence-electron chi connectivity index (χ2n) is 3.33. The molecule has 0 atom stereocenters. The van der Waals surface area contributed by atoms with Gasteiger partial charge >= 0.3 is 30.5 Å². The Morgan fingerprint density at radius 3 is 1.29 bits per heavy atom. The van der Waals surface area contributed by atoms with Gasteiger partial charge in [-0.25, -0.2) is 13.9 Å². The number of alkyl halides is 11. The van der Waals surface area contributed by atoms with E-state index in [9.17, 15) is 48.3 Å². The average molecular weight is 346 g/mol. The van der Waals surface area contributed by atoms with Crippen LogP contribution in [0.1, 0.15) is 6.92 Å². The first-order valence-electron chi connectivity index (χ1n) is 4.47. The van der Waals surface area contributed by atoms with E-state index in [1.54, 1.807) is 0 Å². The molecule has 21 heavy (non-hydrogen) atoms. The minimum Gasteiger partial charge on any atom is -0.281 e. The van der Waals surface area contributed by atoms with Crippen LogP contribution in [0.25, 0.3) is 0 Å². The van der Waals surface area contributed by atoms with Crippen molar-refractivity contribution >= 4 is 0 Å². The van der Waals surface area contributed by atoms with Crippen LogP contribution in [0, 0.1) is 0 Å². The predicted octanol–water partition coefficient (Wildman–Crippen LogP) is 3.95. The highest BCUT2D eigenvalue weighted by atomic mass is 19.4. The van der Waals surface area contributed by atoms with E-state index < -0.39 is 44.3 Å². The summed E-state index contributed by atoms with van der Waals surface area (Å²) in [5, 5.41) is 0. The van der Waals surface area contributed by atoms with Gasteiger partial charge < -0.3 is 0 Å². The summed E-state index contributed by atoms with van der Waals surface area (Å²) in [5.41, 5.74) is 0. The molecule has 0 unspecified atom stereocenters. The third-order valence-electron chi connectivity index (χ3n) is 1.48. The second-order valence-corrected chi connectivity index (χ2v) is 3.33. The number of hydrogen-bond acceptors (Lipinski definition) is 3. The van der Waals surface area contributed by atoms with Crippen molar-refractivity contribution in [1.29, 1.82) is 0 Å². The van der Waals surface area contributed by atoms with Crippen LogP contribution in [0.2, 0.25) is 0 Å². The summed E-state index contributed by atoms with van der Waals surface area (Å²) in [4.78, 5) is 0. The van der Waals surface area contributed by atoms with Crippen LogP contribution in [0.15, 0.2) is 0 Å². The Kier molecular flexibility index (Phi) is 5.47. The fourth-order valence-corrected chi connectivity index (χ4v) is 0.717. The van der Waals surface area contributed by atoms with Crippen LogP contribution in [-0.4, -0.2) is 37.4 Å². The minimum atomic E-state index is -6.63. The van der Waals surface area contributed by atoms with Gasteiger partial charge in [0.2, 0.25) is 0 Å². The van der Waals surface area contributed by atoms with Gasteiger partial charge in [-0.05, 0) is 0 Å². The lowest BCUT2D eigenvalue weighted by Crippen LogP contribution is -2.56. The van der Waals surface area contributed by atoms with Crippen LogP contribution < -0.4 is 0 Å². The van der Waals surface area contributed by atoms with Crippen molar-refractivity contribution in [3.8, 4) is 0 Å². The molecular formula is C7H5F11O3. The summed E-state index contributed by atoms with van der Waals surface area (Å²) in [6, 6.07) is 0. The van der Waals surface area contributed by atoms with Crippen LogP contribution in [0.5, 0.6) is 0 Å². The molecule has 0 radical (unpaired) electrons. The summed E-state index contributed by atoms with van der Waals surface area (Å²) in [6.07, 6.45) is -30.6. The third-order valence-corrected chi connectivity index (χ3v) is 1.48. The summed E-state index contributed by atoms with van der Waals surface area (Å²) in [7, 11) is 0. The molecule has 0 saturated carbocycles. The van der Waals surface area contributed by atoms with Crippen molar-refractivity contribution in [3.63, 3.8) is 0 Å². The molecule has 0 saturated heterocycles. The smallest absolute Gasteiger partial charge is 0.281 e. The van der Waals surface area contributed by atoms with E-state index in [2.05, 4.69) is 9.47 Å². The van der Waals surface area contributed by atoms with Gasteiger partial charge in [0.25, 0.3) is 0 Å². The molecule has 0 aliphatic heterocycles. The topological polar surface area (TPSA) is 27.7 Å². The van der Waals surface area contributed by atoms with Gasteiger partial charge in [0.1, 0.15) is 0 Å². The first kappa shape index (κ1) is 20.1. The van der Waals surface area contributed by atoms with E-state index >= 15 is 0 Å². The highest BCUT2D eigenvalue weighted by Crippen LogP contribution is 2.47. The van der Waals surface area contributed by atoms with Gasteiger partial charge in [-0.3, -0.25) is 4.74 Å². The van der Waals surface area contributed by atoms with Gasteiger partial charge in [-0.2, -0.15) is 43.9 Å². The Bertz CT molecular complexity index is 350. The zero-order valence-corrected chi connectivity index (χ0v) is 9.59. The quantitative estimate of drug-likeness (QED) is 0.623. The highest BCUT2D eigenvalue weighted by Gasteiger charge is 2.72. The van der Waals surface area contributed by atoms with Crippen molar-refractivity contribution < 1.29 is 62.5 Å². The molecule has 0 amide bonds. The Hall–Kier alpha value is -0.890. The maximum absolute atomic E-state index is 12.6. The molecular weight excluding hydrogens is 341 g/mol. The lowest BCUT2D eigenvalue weighted by atomic mass is 10.5. The number of rotatable bonds is 8. The summed E-state index contributed by atoms with van der Waals surface area (Å²) in [5.74, 6) is 0. The lowest BCUT2D eigenvalue weighted by molar-refractivity contribution is -0.544. The Labute approximate surface area is 108 Å². The molecule has 0 bridgehead atoms. The molecule has 0 aromatic carbocycles. The SMILES string of the molecule is CC(F)(F)OC(F)(F)C(F)(F)OC(F)(F)C(F)(F)OCF. The summed E-state index contributed by atoms with van der Waals surface area (Å²) in [6.45, 7) is -3.08. The maximum atomic E-state index is 12.6. The maximum Gasteiger partial charge on any atom is 0.453 e. The molecule has 3 nitrogen and oxygen atoms in total. The first-order valence-corrected chi connectivity index (χ1v) is 4.47. The molecule has 0 aliphatic carbocycles. The summed E-state index contributed by atoms with van der Waals surface area (Å²) < 4.78 is 142. The zero-order valence-electron chi connectivity index (χ0n) is 9.59. The van der Waals surface area contributed by atoms with Gasteiger partial charge in [-0.15, -0.1) is 0 Å². The normalized spacial score (nSPS) is 15.4. The second kappa shape index (κ2) is 5.72. The minimum absolute atomic E-state index is 0.462. The van der Waals surface area contributed by atoms with Crippen molar-refractivity contribution in [2.24, 2.45) is 0 Å². The predicted molar refractivity (Wildman–Crippen MR) is 39.6 cm³/mol. The van der Waals surface area contributed by atoms with Crippen LogP contribution in [0.4, 0.5) is 48.3 Å². The molecule has 0 heterocycles. The largest absolute Gasteiger partial charge is 0.453 e. The van der Waals surface area contributed by atoms with E-state index in [-0.39, 0.29) is 0 Å². The number of halogens is 11. The molecule has 0 N–H and O–H groups in total. The third kappa shape index (κ3) is 5.10. The molecule has 0 aromatic heterocycles. The van der Waals surface area contributed by atoms with Crippen molar-refractivity contribution in [2.45, 2.75) is 37.5 Å². The van der Waals surface area contributed by atoms with Gasteiger partial charge in [0.05, 0.1) is 0 Å². The highest BCUT2D eigenvalue weighted by molar-refractivity contribution is 4.75. The monoisotopic (exact) mass is 346 g/mol. The molecule has 0 rings (SSSR count). The molecule has 128 valence electrons. The first-order chi connectivity index (χ1) is 8.97. The molecule has 0 fully saturated rings. The Morgan fingerprint density at radius 1 is 0.619 bits per heavy atom. The van der Waals surface area contributed by atoms with Crippen molar-refractivity contribution in [1.82, 2.24) is 0 Å². The number of hydrogen-bond donors (Lipinski definition) is 0. The van der Waals surface area contributed by atoms with E-state index in [1.807, 2.05) is 4.74 Å². The molecule has 0 spiro atoms. The van der Waals surface area contributed by atoms with E-state index in [0.717, 1.165) is 0 Å². The average Bonchev–Trinajstić information content (AvgIpc) is 2.10. The van der Waals surface area contributed by atoms with Gasteiger partial charge in [0.15, 0.2) is 6.86 Å².